The topological polar surface area (TPSA) is 55.6 Å². The number of halogens is 1. The summed E-state index contributed by atoms with van der Waals surface area (Å²) in [6, 6.07) is 18.1. The van der Waals surface area contributed by atoms with Crippen molar-refractivity contribution in [2.24, 2.45) is 5.73 Å². The molecule has 5 heteroatoms. The number of carbonyl (C=O) groups excluding carboxylic acids is 1. The third kappa shape index (κ3) is 4.17. The highest BCUT2D eigenvalue weighted by molar-refractivity contribution is 5.75. The summed E-state index contributed by atoms with van der Waals surface area (Å²) < 4.78 is 18.1. The minimum Gasteiger partial charge on any atom is -0.484 e. The van der Waals surface area contributed by atoms with Gasteiger partial charge in [0.15, 0.2) is 6.61 Å². The number of benzene rings is 2. The molecule has 1 aliphatic heterocycles. The molecule has 25 heavy (non-hydrogen) atoms. The molecule has 132 valence electrons. The fourth-order valence-corrected chi connectivity index (χ4v) is 3.54. The number of primary amides is 1. The van der Waals surface area contributed by atoms with Crippen LogP contribution in [0.4, 0.5) is 4.39 Å². The van der Waals surface area contributed by atoms with Gasteiger partial charge in [-0.2, -0.15) is 0 Å². The van der Waals surface area contributed by atoms with Crippen molar-refractivity contribution in [3.8, 4) is 5.75 Å². The third-order valence-electron chi connectivity index (χ3n) is 4.67. The molecule has 0 bridgehead atoms. The third-order valence-corrected chi connectivity index (χ3v) is 4.67. The predicted molar refractivity (Wildman–Crippen MR) is 95.4 cm³/mol. The van der Waals surface area contributed by atoms with Crippen molar-refractivity contribution in [1.29, 1.82) is 0 Å². The Kier molecular flexibility index (Phi) is 5.34. The van der Waals surface area contributed by atoms with Gasteiger partial charge in [0.2, 0.25) is 0 Å². The van der Waals surface area contributed by atoms with Crippen molar-refractivity contribution in [3.63, 3.8) is 0 Å². The summed E-state index contributed by atoms with van der Waals surface area (Å²) >= 11 is 0. The van der Waals surface area contributed by atoms with E-state index in [1.165, 1.54) is 5.56 Å². The number of alkyl halides is 1. The minimum atomic E-state index is -0.498. The Labute approximate surface area is 147 Å². The van der Waals surface area contributed by atoms with Crippen LogP contribution >= 0.6 is 0 Å². The van der Waals surface area contributed by atoms with Crippen molar-refractivity contribution >= 4 is 5.91 Å². The van der Waals surface area contributed by atoms with E-state index in [1.54, 1.807) is 0 Å². The first-order chi connectivity index (χ1) is 12.1. The normalized spacial score (nSPS) is 16.2. The van der Waals surface area contributed by atoms with E-state index in [4.69, 9.17) is 10.5 Å². The fourth-order valence-electron chi connectivity index (χ4n) is 3.54. The van der Waals surface area contributed by atoms with Gasteiger partial charge in [-0.1, -0.05) is 42.5 Å². The van der Waals surface area contributed by atoms with Gasteiger partial charge in [-0.25, -0.2) is 4.39 Å². The molecule has 2 aromatic rings. The van der Waals surface area contributed by atoms with E-state index in [1.807, 2.05) is 36.4 Å². The van der Waals surface area contributed by atoms with Crippen molar-refractivity contribution in [2.45, 2.75) is 11.8 Å². The number of rotatable bonds is 8. The van der Waals surface area contributed by atoms with Gasteiger partial charge < -0.3 is 10.5 Å². The van der Waals surface area contributed by atoms with E-state index in [0.717, 1.165) is 25.1 Å². The average Bonchev–Trinajstić information content (AvgIpc) is 2.59. The first-order valence-electron chi connectivity index (χ1n) is 8.45. The zero-order valence-electron chi connectivity index (χ0n) is 14.2. The Morgan fingerprint density at radius 3 is 2.60 bits per heavy atom. The molecule has 0 atom stereocenters. The van der Waals surface area contributed by atoms with Crippen molar-refractivity contribution in [3.05, 3.63) is 65.7 Å². The van der Waals surface area contributed by atoms with Crippen LogP contribution in [-0.2, 0) is 16.6 Å². The zero-order valence-corrected chi connectivity index (χ0v) is 14.2. The first-order valence-corrected chi connectivity index (χ1v) is 8.45. The average molecular weight is 342 g/mol. The minimum absolute atomic E-state index is 0.0668. The Morgan fingerprint density at radius 1 is 1.16 bits per heavy atom. The van der Waals surface area contributed by atoms with Gasteiger partial charge in [0.25, 0.3) is 5.91 Å². The number of carbonyl (C=O) groups is 1. The Balaban J connectivity index is 1.82. The first kappa shape index (κ1) is 17.4. The molecule has 0 aliphatic carbocycles. The van der Waals surface area contributed by atoms with Gasteiger partial charge in [-0.3, -0.25) is 9.69 Å². The van der Waals surface area contributed by atoms with Crippen molar-refractivity contribution in [2.75, 3.05) is 32.9 Å². The van der Waals surface area contributed by atoms with Gasteiger partial charge in [0.1, 0.15) is 12.4 Å². The maximum atomic E-state index is 12.7. The van der Waals surface area contributed by atoms with Gasteiger partial charge >= 0.3 is 0 Å². The van der Waals surface area contributed by atoms with E-state index in [0.29, 0.717) is 12.3 Å². The van der Waals surface area contributed by atoms with Crippen LogP contribution in [0, 0.1) is 0 Å². The maximum Gasteiger partial charge on any atom is 0.255 e. The summed E-state index contributed by atoms with van der Waals surface area (Å²) in [6.07, 6.45) is 0.885. The second-order valence-electron chi connectivity index (χ2n) is 6.63. The molecular weight excluding hydrogens is 319 g/mol. The number of hydrogen-bond acceptors (Lipinski definition) is 3. The molecule has 0 radical (unpaired) electrons. The summed E-state index contributed by atoms with van der Waals surface area (Å²) in [7, 11) is 0. The number of amides is 1. The van der Waals surface area contributed by atoms with Crippen LogP contribution in [0.5, 0.6) is 5.75 Å². The highest BCUT2D eigenvalue weighted by Gasteiger charge is 2.44. The van der Waals surface area contributed by atoms with Gasteiger partial charge in [-0.05, 0) is 29.7 Å². The summed E-state index contributed by atoms with van der Waals surface area (Å²) in [5.74, 6) is 0.134. The molecule has 1 heterocycles. The maximum absolute atomic E-state index is 12.7. The predicted octanol–water partition coefficient (Wildman–Crippen LogP) is 2.32. The lowest BCUT2D eigenvalue weighted by Crippen LogP contribution is -2.60. The van der Waals surface area contributed by atoms with E-state index in [9.17, 15) is 9.18 Å². The molecule has 2 aromatic carbocycles. The summed E-state index contributed by atoms with van der Waals surface area (Å²) in [6.45, 7) is 1.62. The zero-order chi connectivity index (χ0) is 17.7. The van der Waals surface area contributed by atoms with E-state index >= 15 is 0 Å². The molecular formula is C20H23FN2O2. The second kappa shape index (κ2) is 7.66. The van der Waals surface area contributed by atoms with Crippen LogP contribution < -0.4 is 10.5 Å². The SMILES string of the molecule is NC(=O)COc1cccc(C2(Cc3ccccc3)CN(CCF)C2)c1. The van der Waals surface area contributed by atoms with Crippen LogP contribution in [0.25, 0.3) is 0 Å². The molecule has 0 aromatic heterocycles. The van der Waals surface area contributed by atoms with Gasteiger partial charge in [-0.15, -0.1) is 0 Å². The van der Waals surface area contributed by atoms with E-state index in [2.05, 4.69) is 23.1 Å². The molecule has 1 amide bonds. The summed E-state index contributed by atoms with van der Waals surface area (Å²) in [5, 5.41) is 0. The van der Waals surface area contributed by atoms with Crippen LogP contribution in [0.15, 0.2) is 54.6 Å². The Bertz CT molecular complexity index is 715. The monoisotopic (exact) mass is 342 g/mol. The Morgan fingerprint density at radius 2 is 1.92 bits per heavy atom. The molecule has 0 saturated carbocycles. The number of ether oxygens (including phenoxy) is 1. The number of likely N-dealkylation sites (tertiary alicyclic amines) is 1. The highest BCUT2D eigenvalue weighted by Crippen LogP contribution is 2.39. The van der Waals surface area contributed by atoms with Crippen LogP contribution in [0.1, 0.15) is 11.1 Å². The molecule has 1 saturated heterocycles. The molecule has 1 fully saturated rings. The number of hydrogen-bond donors (Lipinski definition) is 1. The standard InChI is InChI=1S/C20H23FN2O2/c21-9-10-23-14-20(15-23,12-16-5-2-1-3-6-16)17-7-4-8-18(11-17)25-13-19(22)24/h1-8,11H,9-10,12-15H2,(H2,22,24). The quantitative estimate of drug-likeness (QED) is 0.801. The number of nitrogens with zero attached hydrogens (tertiary/aromatic N) is 1. The molecule has 0 spiro atoms. The van der Waals surface area contributed by atoms with Crippen LogP contribution in [-0.4, -0.2) is 43.7 Å². The summed E-state index contributed by atoms with van der Waals surface area (Å²) in [4.78, 5) is 13.1. The lowest BCUT2D eigenvalue weighted by atomic mass is 9.69. The van der Waals surface area contributed by atoms with Gasteiger partial charge in [0.05, 0.1) is 0 Å². The van der Waals surface area contributed by atoms with Crippen LogP contribution in [0.2, 0.25) is 0 Å². The molecule has 2 N–H and O–H groups in total. The summed E-state index contributed by atoms with van der Waals surface area (Å²) in [5.41, 5.74) is 7.48. The molecule has 3 rings (SSSR count). The molecule has 0 unspecified atom stereocenters. The Hall–Kier alpha value is -2.40. The van der Waals surface area contributed by atoms with Gasteiger partial charge in [0, 0.05) is 25.0 Å². The van der Waals surface area contributed by atoms with E-state index in [-0.39, 0.29) is 18.7 Å². The largest absolute Gasteiger partial charge is 0.484 e. The number of nitrogens with two attached hydrogens (primary N) is 1. The fraction of sp³-hybridized carbons (Fsp3) is 0.350. The lowest BCUT2D eigenvalue weighted by Gasteiger charge is -2.51. The lowest BCUT2D eigenvalue weighted by molar-refractivity contribution is -0.119. The van der Waals surface area contributed by atoms with E-state index < -0.39 is 5.91 Å². The highest BCUT2D eigenvalue weighted by atomic mass is 19.1. The van der Waals surface area contributed by atoms with Crippen LogP contribution in [0.3, 0.4) is 0 Å². The van der Waals surface area contributed by atoms with Crippen molar-refractivity contribution < 1.29 is 13.9 Å². The molecule has 4 nitrogen and oxygen atoms in total. The van der Waals surface area contributed by atoms with Crippen molar-refractivity contribution in [1.82, 2.24) is 4.90 Å². The molecule has 1 aliphatic rings. The second-order valence-corrected chi connectivity index (χ2v) is 6.63. The smallest absolute Gasteiger partial charge is 0.255 e.